The van der Waals surface area contributed by atoms with Gasteiger partial charge in [-0.25, -0.2) is 9.97 Å². The number of carbonyl (C=O) groups is 1. The standard InChI is InChI=1S/C19H14F4N4O2.H2/c1-10-13(19(21,22)23)9-25-18(29-14-3-4-15(20)26-11(14)2)16(10)17(28)27-12-5-7-24-8-6-12;/h3-9H,1-2H3,(H,24,27,28);1H. The highest BCUT2D eigenvalue weighted by atomic mass is 19.4. The molecule has 1 amide bonds. The lowest BCUT2D eigenvalue weighted by Gasteiger charge is -2.17. The van der Waals surface area contributed by atoms with Crippen molar-refractivity contribution < 1.29 is 28.5 Å². The van der Waals surface area contributed by atoms with Crippen LogP contribution in [0.2, 0.25) is 0 Å². The van der Waals surface area contributed by atoms with Crippen LogP contribution in [0.25, 0.3) is 0 Å². The minimum atomic E-state index is -4.71. The number of ether oxygens (including phenoxy) is 1. The van der Waals surface area contributed by atoms with E-state index in [4.69, 9.17) is 4.74 Å². The molecule has 0 unspecified atom stereocenters. The maximum absolute atomic E-state index is 13.3. The van der Waals surface area contributed by atoms with Gasteiger partial charge < -0.3 is 10.1 Å². The Morgan fingerprint density at radius 3 is 2.45 bits per heavy atom. The summed E-state index contributed by atoms with van der Waals surface area (Å²) in [7, 11) is 0. The van der Waals surface area contributed by atoms with E-state index >= 15 is 0 Å². The van der Waals surface area contributed by atoms with Gasteiger partial charge in [0.15, 0.2) is 5.75 Å². The number of carbonyl (C=O) groups excluding carboxylic acids is 1. The maximum atomic E-state index is 13.3. The first-order chi connectivity index (χ1) is 13.7. The highest BCUT2D eigenvalue weighted by Crippen LogP contribution is 2.36. The number of anilines is 1. The van der Waals surface area contributed by atoms with E-state index in [1.807, 2.05) is 0 Å². The number of rotatable bonds is 4. The molecule has 3 rings (SSSR count). The van der Waals surface area contributed by atoms with E-state index in [1.165, 1.54) is 37.5 Å². The summed E-state index contributed by atoms with van der Waals surface area (Å²) in [6.45, 7) is 2.60. The van der Waals surface area contributed by atoms with Gasteiger partial charge in [-0.05, 0) is 43.7 Å². The topological polar surface area (TPSA) is 77.0 Å². The van der Waals surface area contributed by atoms with Crippen molar-refractivity contribution in [3.05, 3.63) is 71.2 Å². The Balaban J connectivity index is 0.00000320. The van der Waals surface area contributed by atoms with E-state index < -0.39 is 29.2 Å². The average Bonchev–Trinajstić information content (AvgIpc) is 2.64. The Hall–Kier alpha value is -3.56. The van der Waals surface area contributed by atoms with Crippen LogP contribution < -0.4 is 10.1 Å². The van der Waals surface area contributed by atoms with Gasteiger partial charge in [-0.2, -0.15) is 17.6 Å². The molecule has 152 valence electrons. The molecule has 0 bridgehead atoms. The third-order valence-corrected chi connectivity index (χ3v) is 3.98. The Morgan fingerprint density at radius 2 is 1.83 bits per heavy atom. The average molecular weight is 408 g/mol. The van der Waals surface area contributed by atoms with Crippen molar-refractivity contribution in [3.8, 4) is 11.6 Å². The summed E-state index contributed by atoms with van der Waals surface area (Å²) in [5, 5.41) is 2.49. The SMILES string of the molecule is Cc1nc(F)ccc1Oc1ncc(C(F)(F)F)c(C)c1C(=O)Nc1ccncc1.[HH]. The number of hydrogen-bond acceptors (Lipinski definition) is 5. The molecule has 29 heavy (non-hydrogen) atoms. The third-order valence-electron chi connectivity index (χ3n) is 3.98. The highest BCUT2D eigenvalue weighted by molar-refractivity contribution is 6.07. The molecule has 0 aliphatic rings. The van der Waals surface area contributed by atoms with Crippen molar-refractivity contribution in [1.82, 2.24) is 15.0 Å². The minimum Gasteiger partial charge on any atom is -0.436 e. The van der Waals surface area contributed by atoms with Crippen LogP contribution in [0.5, 0.6) is 11.6 Å². The molecule has 0 aliphatic carbocycles. The van der Waals surface area contributed by atoms with Crippen LogP contribution in [-0.2, 0) is 6.18 Å². The van der Waals surface area contributed by atoms with Crippen LogP contribution in [0, 0.1) is 19.8 Å². The molecule has 0 saturated carbocycles. The molecule has 6 nitrogen and oxygen atoms in total. The van der Waals surface area contributed by atoms with Crippen molar-refractivity contribution in [1.29, 1.82) is 0 Å². The molecule has 0 fully saturated rings. The fourth-order valence-electron chi connectivity index (χ4n) is 2.57. The fourth-order valence-corrected chi connectivity index (χ4v) is 2.57. The summed E-state index contributed by atoms with van der Waals surface area (Å²) < 4.78 is 58.7. The quantitative estimate of drug-likeness (QED) is 0.489. The van der Waals surface area contributed by atoms with Crippen molar-refractivity contribution in [2.24, 2.45) is 0 Å². The zero-order valence-electron chi connectivity index (χ0n) is 15.2. The number of pyridine rings is 3. The van der Waals surface area contributed by atoms with Crippen molar-refractivity contribution in [3.63, 3.8) is 0 Å². The molecule has 0 spiro atoms. The van der Waals surface area contributed by atoms with Crippen LogP contribution in [0.15, 0.2) is 42.9 Å². The summed E-state index contributed by atoms with van der Waals surface area (Å²) in [4.78, 5) is 23.8. The predicted molar refractivity (Wildman–Crippen MR) is 97.3 cm³/mol. The van der Waals surface area contributed by atoms with Gasteiger partial charge in [0, 0.05) is 25.7 Å². The normalized spacial score (nSPS) is 11.2. The van der Waals surface area contributed by atoms with E-state index in [0.717, 1.165) is 13.0 Å². The zero-order chi connectivity index (χ0) is 21.2. The molecule has 0 aromatic carbocycles. The molecule has 0 aliphatic heterocycles. The number of halogens is 4. The number of hydrogen-bond donors (Lipinski definition) is 1. The summed E-state index contributed by atoms with van der Waals surface area (Å²) in [5.74, 6) is -1.91. The molecule has 1 N–H and O–H groups in total. The summed E-state index contributed by atoms with van der Waals surface area (Å²) >= 11 is 0. The zero-order valence-corrected chi connectivity index (χ0v) is 15.2. The van der Waals surface area contributed by atoms with Crippen LogP contribution in [0.4, 0.5) is 23.2 Å². The van der Waals surface area contributed by atoms with Crippen molar-refractivity contribution in [2.75, 3.05) is 5.32 Å². The van der Waals surface area contributed by atoms with Crippen molar-refractivity contribution in [2.45, 2.75) is 20.0 Å². The molecule has 0 saturated heterocycles. The lowest BCUT2D eigenvalue weighted by atomic mass is 10.0. The monoisotopic (exact) mass is 408 g/mol. The van der Waals surface area contributed by atoms with E-state index in [-0.39, 0.29) is 24.3 Å². The second-order valence-electron chi connectivity index (χ2n) is 5.98. The summed E-state index contributed by atoms with van der Waals surface area (Å²) in [6.07, 6.45) is -1.30. The second kappa shape index (κ2) is 7.82. The van der Waals surface area contributed by atoms with Gasteiger partial charge in [0.25, 0.3) is 5.91 Å². The lowest BCUT2D eigenvalue weighted by Crippen LogP contribution is -2.19. The number of amides is 1. The number of alkyl halides is 3. The second-order valence-corrected chi connectivity index (χ2v) is 5.98. The molecule has 3 heterocycles. The number of aromatic nitrogens is 3. The molecular weight excluding hydrogens is 392 g/mol. The van der Waals surface area contributed by atoms with Crippen LogP contribution >= 0.6 is 0 Å². The van der Waals surface area contributed by atoms with Gasteiger partial charge in [-0.3, -0.25) is 9.78 Å². The first-order valence-electron chi connectivity index (χ1n) is 8.26. The summed E-state index contributed by atoms with van der Waals surface area (Å²) in [5.41, 5.74) is -1.36. The van der Waals surface area contributed by atoms with Crippen LogP contribution in [0.1, 0.15) is 28.6 Å². The molecule has 3 aromatic rings. The Kier molecular flexibility index (Phi) is 5.44. The van der Waals surface area contributed by atoms with Gasteiger partial charge in [0.2, 0.25) is 11.8 Å². The number of nitrogens with zero attached hydrogens (tertiary/aromatic N) is 3. The van der Waals surface area contributed by atoms with E-state index in [1.54, 1.807) is 0 Å². The van der Waals surface area contributed by atoms with Gasteiger partial charge >= 0.3 is 6.18 Å². The largest absolute Gasteiger partial charge is 0.436 e. The molecule has 0 atom stereocenters. The summed E-state index contributed by atoms with van der Waals surface area (Å²) in [6, 6.07) is 5.22. The predicted octanol–water partition coefficient (Wildman–Crippen LogP) is 4.94. The molecule has 10 heteroatoms. The number of nitrogens with one attached hydrogen (secondary N) is 1. The van der Waals surface area contributed by atoms with Gasteiger partial charge in [-0.1, -0.05) is 0 Å². The Labute approximate surface area is 164 Å². The van der Waals surface area contributed by atoms with Crippen LogP contribution in [0.3, 0.4) is 0 Å². The number of aryl methyl sites for hydroxylation is 1. The Bertz CT molecular complexity index is 1060. The lowest BCUT2D eigenvalue weighted by molar-refractivity contribution is -0.138. The molecule has 3 aromatic heterocycles. The first kappa shape index (κ1) is 20.2. The minimum absolute atomic E-state index is 0. The van der Waals surface area contributed by atoms with E-state index in [2.05, 4.69) is 20.3 Å². The fraction of sp³-hybridized carbons (Fsp3) is 0.158. The molecular formula is C19H16F4N4O2. The smallest absolute Gasteiger partial charge is 0.418 e. The third kappa shape index (κ3) is 4.48. The van der Waals surface area contributed by atoms with Gasteiger partial charge in [-0.15, -0.1) is 0 Å². The maximum Gasteiger partial charge on any atom is 0.418 e. The van der Waals surface area contributed by atoms with E-state index in [0.29, 0.717) is 11.9 Å². The van der Waals surface area contributed by atoms with Crippen molar-refractivity contribution >= 4 is 11.6 Å². The first-order valence-corrected chi connectivity index (χ1v) is 8.26. The Morgan fingerprint density at radius 1 is 1.14 bits per heavy atom. The van der Waals surface area contributed by atoms with Gasteiger partial charge in [0.05, 0.1) is 11.3 Å². The van der Waals surface area contributed by atoms with Gasteiger partial charge in [0.1, 0.15) is 5.56 Å². The highest BCUT2D eigenvalue weighted by Gasteiger charge is 2.36. The van der Waals surface area contributed by atoms with E-state index in [9.17, 15) is 22.4 Å². The van der Waals surface area contributed by atoms with Crippen LogP contribution in [-0.4, -0.2) is 20.9 Å². The molecule has 0 radical (unpaired) electrons.